The third kappa shape index (κ3) is 3.50. The molecule has 7 nitrogen and oxygen atoms in total. The first-order valence-corrected chi connectivity index (χ1v) is 8.70. The van der Waals surface area contributed by atoms with Gasteiger partial charge >= 0.3 is 0 Å². The molecule has 0 spiro atoms. The molecule has 3 aromatic heterocycles. The van der Waals surface area contributed by atoms with Crippen LogP contribution < -0.4 is 10.3 Å². The molecule has 0 saturated heterocycles. The Hall–Kier alpha value is -3.00. The molecule has 0 fully saturated rings. The summed E-state index contributed by atoms with van der Waals surface area (Å²) in [6, 6.07) is 3.72. The SMILES string of the molecule is C=N/C=C\N(C)Cc1nc2c(-c3ccc(OC)nc3)c(C)sc2c(=O)[nH]1. The predicted molar refractivity (Wildman–Crippen MR) is 105 cm³/mol. The van der Waals surface area contributed by atoms with E-state index in [2.05, 4.69) is 21.7 Å². The second-order valence-electron chi connectivity index (χ2n) is 5.71. The average Bonchev–Trinajstić information content (AvgIpc) is 2.96. The monoisotopic (exact) mass is 369 g/mol. The van der Waals surface area contributed by atoms with Crippen LogP contribution in [0, 0.1) is 6.92 Å². The highest BCUT2D eigenvalue weighted by Crippen LogP contribution is 2.35. The molecule has 3 rings (SSSR count). The van der Waals surface area contributed by atoms with Gasteiger partial charge in [0.2, 0.25) is 5.88 Å². The fourth-order valence-electron chi connectivity index (χ4n) is 2.66. The van der Waals surface area contributed by atoms with Crippen LogP contribution in [0.1, 0.15) is 10.7 Å². The summed E-state index contributed by atoms with van der Waals surface area (Å²) in [6.07, 6.45) is 5.09. The number of aromatic amines is 1. The van der Waals surface area contributed by atoms with E-state index in [1.54, 1.807) is 31.8 Å². The number of hydrogen-bond donors (Lipinski definition) is 1. The van der Waals surface area contributed by atoms with Gasteiger partial charge in [0, 0.05) is 47.7 Å². The Bertz CT molecular complexity index is 1020. The number of nitrogens with one attached hydrogen (secondary N) is 1. The lowest BCUT2D eigenvalue weighted by Crippen LogP contribution is -2.17. The molecule has 0 bridgehead atoms. The molecule has 0 aromatic carbocycles. The first-order chi connectivity index (χ1) is 12.5. The molecule has 0 aliphatic rings. The van der Waals surface area contributed by atoms with Crippen molar-refractivity contribution < 1.29 is 4.74 Å². The van der Waals surface area contributed by atoms with Crippen LogP contribution in [0.2, 0.25) is 0 Å². The first kappa shape index (κ1) is 17.8. The molecule has 0 aliphatic heterocycles. The maximum absolute atomic E-state index is 12.5. The standard InChI is InChI=1S/C18H19N5O2S/c1-11-15(12-5-6-14(25-4)20-9-12)16-17(26-11)18(24)22-13(21-16)10-23(3)8-7-19-2/h5-9H,2,10H2,1,3-4H3,(H,21,22,24)/b8-7-. The number of aryl methyl sites for hydroxylation is 1. The van der Waals surface area contributed by atoms with Crippen LogP contribution in [0.3, 0.4) is 0 Å². The molecule has 134 valence electrons. The van der Waals surface area contributed by atoms with Crippen LogP contribution in [0.5, 0.6) is 5.88 Å². The molecule has 0 aliphatic carbocycles. The number of pyridine rings is 1. The van der Waals surface area contributed by atoms with Crippen molar-refractivity contribution in [2.24, 2.45) is 4.99 Å². The smallest absolute Gasteiger partial charge is 0.268 e. The van der Waals surface area contributed by atoms with Gasteiger partial charge in [0.1, 0.15) is 10.5 Å². The number of hydrogen-bond acceptors (Lipinski definition) is 7. The van der Waals surface area contributed by atoms with Gasteiger partial charge in [-0.1, -0.05) is 0 Å². The van der Waals surface area contributed by atoms with Crippen molar-refractivity contribution in [2.75, 3.05) is 14.2 Å². The molecular weight excluding hydrogens is 350 g/mol. The lowest BCUT2D eigenvalue weighted by atomic mass is 10.1. The van der Waals surface area contributed by atoms with Gasteiger partial charge in [-0.3, -0.25) is 9.79 Å². The maximum atomic E-state index is 12.5. The van der Waals surface area contributed by atoms with Crippen LogP contribution in [0.4, 0.5) is 0 Å². The minimum absolute atomic E-state index is 0.134. The number of aliphatic imine (C=N–C) groups is 1. The normalized spacial score (nSPS) is 11.2. The van der Waals surface area contributed by atoms with E-state index in [0.29, 0.717) is 28.5 Å². The van der Waals surface area contributed by atoms with Crippen molar-refractivity contribution in [3.8, 4) is 17.0 Å². The Kier molecular flexibility index (Phi) is 5.13. The highest BCUT2D eigenvalue weighted by Gasteiger charge is 2.17. The number of fused-ring (bicyclic) bond motifs is 1. The Balaban J connectivity index is 2.08. The molecule has 0 radical (unpaired) electrons. The number of thiophene rings is 1. The molecule has 0 amide bonds. The fourth-order valence-corrected chi connectivity index (χ4v) is 3.67. The van der Waals surface area contributed by atoms with E-state index >= 15 is 0 Å². The molecule has 0 atom stereocenters. The van der Waals surface area contributed by atoms with Crippen molar-refractivity contribution in [1.82, 2.24) is 19.9 Å². The number of H-pyrrole nitrogens is 1. The number of methoxy groups -OCH3 is 1. The predicted octanol–water partition coefficient (Wildman–Crippen LogP) is 2.97. The summed E-state index contributed by atoms with van der Waals surface area (Å²) in [6.45, 7) is 5.84. The van der Waals surface area contributed by atoms with Crippen LogP contribution in [-0.2, 0) is 6.54 Å². The van der Waals surface area contributed by atoms with Crippen LogP contribution >= 0.6 is 11.3 Å². The molecule has 0 unspecified atom stereocenters. The van der Waals surface area contributed by atoms with Gasteiger partial charge in [0.15, 0.2) is 0 Å². The van der Waals surface area contributed by atoms with E-state index in [1.165, 1.54) is 11.3 Å². The molecule has 26 heavy (non-hydrogen) atoms. The molecule has 8 heteroatoms. The van der Waals surface area contributed by atoms with E-state index in [-0.39, 0.29) is 5.56 Å². The quantitative estimate of drug-likeness (QED) is 0.676. The van der Waals surface area contributed by atoms with Gasteiger partial charge < -0.3 is 14.6 Å². The number of aromatic nitrogens is 3. The number of ether oxygens (including phenoxy) is 1. The number of nitrogens with zero attached hydrogens (tertiary/aromatic N) is 4. The van der Waals surface area contributed by atoms with Crippen molar-refractivity contribution >= 4 is 28.3 Å². The van der Waals surface area contributed by atoms with Gasteiger partial charge in [0.05, 0.1) is 19.2 Å². The Labute approximate surface area is 154 Å². The molecule has 1 N–H and O–H groups in total. The van der Waals surface area contributed by atoms with Gasteiger partial charge in [-0.25, -0.2) is 9.97 Å². The maximum Gasteiger partial charge on any atom is 0.268 e. The van der Waals surface area contributed by atoms with E-state index in [1.807, 2.05) is 24.9 Å². The summed E-state index contributed by atoms with van der Waals surface area (Å²) in [5, 5.41) is 0. The van der Waals surface area contributed by atoms with E-state index in [0.717, 1.165) is 16.0 Å². The minimum Gasteiger partial charge on any atom is -0.481 e. The van der Waals surface area contributed by atoms with Crippen LogP contribution in [-0.4, -0.2) is 40.7 Å². The largest absolute Gasteiger partial charge is 0.481 e. The lowest BCUT2D eigenvalue weighted by Gasteiger charge is -2.12. The fraction of sp³-hybridized carbons (Fsp3) is 0.222. The zero-order chi connectivity index (χ0) is 18.7. The van der Waals surface area contributed by atoms with Gasteiger partial charge in [-0.2, -0.15) is 0 Å². The van der Waals surface area contributed by atoms with Crippen molar-refractivity contribution in [3.05, 3.63) is 51.8 Å². The highest BCUT2D eigenvalue weighted by atomic mass is 32.1. The van der Waals surface area contributed by atoms with E-state index < -0.39 is 0 Å². The molecule has 3 heterocycles. The topological polar surface area (TPSA) is 83.5 Å². The average molecular weight is 369 g/mol. The first-order valence-electron chi connectivity index (χ1n) is 7.89. The Morgan fingerprint density at radius 3 is 2.92 bits per heavy atom. The van der Waals surface area contributed by atoms with Crippen LogP contribution in [0.25, 0.3) is 21.3 Å². The van der Waals surface area contributed by atoms with Gasteiger partial charge in [0.25, 0.3) is 5.56 Å². The Morgan fingerprint density at radius 1 is 1.46 bits per heavy atom. The van der Waals surface area contributed by atoms with Crippen LogP contribution in [0.15, 0.2) is 40.5 Å². The van der Waals surface area contributed by atoms with Gasteiger partial charge in [-0.05, 0) is 19.7 Å². The van der Waals surface area contributed by atoms with Crippen molar-refractivity contribution in [1.29, 1.82) is 0 Å². The summed E-state index contributed by atoms with van der Waals surface area (Å²) >= 11 is 1.44. The lowest BCUT2D eigenvalue weighted by molar-refractivity contribution is 0.398. The summed E-state index contributed by atoms with van der Waals surface area (Å²) in [4.78, 5) is 30.9. The second-order valence-corrected chi connectivity index (χ2v) is 6.93. The highest BCUT2D eigenvalue weighted by molar-refractivity contribution is 7.19. The van der Waals surface area contributed by atoms with E-state index in [9.17, 15) is 4.79 Å². The molecular formula is C18H19N5O2S. The molecule has 0 saturated carbocycles. The summed E-state index contributed by atoms with van der Waals surface area (Å²) < 4.78 is 5.73. The van der Waals surface area contributed by atoms with E-state index in [4.69, 9.17) is 9.72 Å². The Morgan fingerprint density at radius 2 is 2.27 bits per heavy atom. The van der Waals surface area contributed by atoms with Crippen molar-refractivity contribution in [3.63, 3.8) is 0 Å². The third-order valence-electron chi connectivity index (χ3n) is 3.83. The number of rotatable bonds is 6. The second kappa shape index (κ2) is 7.49. The van der Waals surface area contributed by atoms with Crippen molar-refractivity contribution in [2.45, 2.75) is 13.5 Å². The zero-order valence-corrected chi connectivity index (χ0v) is 15.6. The summed E-state index contributed by atoms with van der Waals surface area (Å²) in [5.74, 6) is 1.13. The molecule has 3 aromatic rings. The summed E-state index contributed by atoms with van der Waals surface area (Å²) in [7, 11) is 3.45. The third-order valence-corrected chi connectivity index (χ3v) is 4.92. The minimum atomic E-state index is -0.134. The van der Waals surface area contributed by atoms with Gasteiger partial charge in [-0.15, -0.1) is 11.3 Å². The summed E-state index contributed by atoms with van der Waals surface area (Å²) in [5.41, 5.74) is 2.39. The zero-order valence-electron chi connectivity index (χ0n) is 14.8.